The summed E-state index contributed by atoms with van der Waals surface area (Å²) in [7, 11) is 0. The van der Waals surface area contributed by atoms with E-state index in [2.05, 4.69) is 6.92 Å². The summed E-state index contributed by atoms with van der Waals surface area (Å²) in [6, 6.07) is -0.583. The summed E-state index contributed by atoms with van der Waals surface area (Å²) in [6.07, 6.45) is 3.98. The van der Waals surface area contributed by atoms with Crippen molar-refractivity contribution in [1.82, 2.24) is 4.90 Å². The van der Waals surface area contributed by atoms with Crippen LogP contribution in [0.4, 0.5) is 0 Å². The molecule has 0 aliphatic carbocycles. The predicted octanol–water partition coefficient (Wildman–Crippen LogP) is 2.93. The first-order valence-electron chi connectivity index (χ1n) is 8.84. The highest BCUT2D eigenvalue weighted by Gasteiger charge is 2.38. The maximum Gasteiger partial charge on any atom is 0.337 e. The van der Waals surface area contributed by atoms with Gasteiger partial charge in [0.05, 0.1) is 24.8 Å². The highest BCUT2D eigenvalue weighted by molar-refractivity contribution is 7.14. The number of amides is 2. The van der Waals surface area contributed by atoms with Crippen LogP contribution in [0.15, 0.2) is 0 Å². The maximum absolute atomic E-state index is 12.4. The minimum atomic E-state index is -1.20. The number of rotatable bonds is 8. The lowest BCUT2D eigenvalue weighted by Crippen LogP contribution is -2.43. The second kappa shape index (κ2) is 8.64. The molecular weight excluding hydrogens is 356 g/mol. The molecule has 0 saturated carbocycles. The van der Waals surface area contributed by atoms with Crippen molar-refractivity contribution in [2.75, 3.05) is 6.61 Å². The van der Waals surface area contributed by atoms with E-state index in [9.17, 15) is 19.5 Å². The third kappa shape index (κ3) is 4.07. The molecule has 0 bridgehead atoms. The van der Waals surface area contributed by atoms with Crippen LogP contribution in [0.5, 0.6) is 0 Å². The number of unbranched alkanes of at least 4 members (excludes halogenated alkanes) is 2. The monoisotopic (exact) mass is 382 g/mol. The molecule has 26 heavy (non-hydrogen) atoms. The van der Waals surface area contributed by atoms with E-state index in [1.54, 1.807) is 4.90 Å². The zero-order valence-corrected chi connectivity index (χ0v) is 16.2. The van der Waals surface area contributed by atoms with E-state index in [4.69, 9.17) is 10.5 Å². The van der Waals surface area contributed by atoms with Gasteiger partial charge in [0.15, 0.2) is 0 Å². The third-order valence-corrected chi connectivity index (χ3v) is 5.90. The molecule has 1 aliphatic heterocycles. The highest BCUT2D eigenvalue weighted by atomic mass is 32.1. The molecule has 2 heterocycles. The lowest BCUT2D eigenvalue weighted by atomic mass is 9.95. The largest absolute Gasteiger partial charge is 0.478 e. The molecule has 1 aliphatic rings. The first-order chi connectivity index (χ1) is 12.3. The van der Waals surface area contributed by atoms with Crippen LogP contribution >= 0.6 is 11.3 Å². The number of hydrogen-bond donors (Lipinski definition) is 2. The average molecular weight is 382 g/mol. The molecular formula is C18H26N2O5S. The Hall–Kier alpha value is -1.93. The summed E-state index contributed by atoms with van der Waals surface area (Å²) >= 11 is 1.05. The van der Waals surface area contributed by atoms with Crippen molar-refractivity contribution in [2.24, 2.45) is 5.73 Å². The summed E-state index contributed by atoms with van der Waals surface area (Å²) in [5.41, 5.74) is 5.79. The standard InChI is InChI=1S/C18H26N2O5S/c1-4-5-6-7-10(2)20(11(3)21)12-8-25-9-13-14(12)15(18(23)24)16(26-13)17(19)22/h10,12H,4-9H2,1-3H3,(H2,19,22)(H,23,24). The fourth-order valence-electron chi connectivity index (χ4n) is 3.57. The van der Waals surface area contributed by atoms with Crippen molar-refractivity contribution in [2.45, 2.75) is 65.1 Å². The number of thiophene rings is 1. The number of carbonyl (C=O) groups is 3. The predicted molar refractivity (Wildman–Crippen MR) is 98.3 cm³/mol. The Labute approximate surface area is 157 Å². The minimum Gasteiger partial charge on any atom is -0.478 e. The molecule has 2 amide bonds. The number of fused-ring (bicyclic) bond motifs is 1. The second-order valence-corrected chi connectivity index (χ2v) is 7.72. The Balaban J connectivity index is 2.46. The second-order valence-electron chi connectivity index (χ2n) is 6.61. The highest BCUT2D eigenvalue weighted by Crippen LogP contribution is 2.40. The molecule has 8 heteroatoms. The van der Waals surface area contributed by atoms with Gasteiger partial charge in [-0.15, -0.1) is 11.3 Å². The molecule has 2 rings (SSSR count). The van der Waals surface area contributed by atoms with E-state index in [1.165, 1.54) is 6.92 Å². The van der Waals surface area contributed by atoms with Crippen LogP contribution in [-0.4, -0.2) is 40.4 Å². The molecule has 2 atom stereocenters. The van der Waals surface area contributed by atoms with E-state index < -0.39 is 17.9 Å². The van der Waals surface area contributed by atoms with Gasteiger partial charge in [0, 0.05) is 23.4 Å². The summed E-state index contributed by atoms with van der Waals surface area (Å²) in [6.45, 7) is 5.99. The van der Waals surface area contributed by atoms with Crippen molar-refractivity contribution >= 4 is 29.1 Å². The molecule has 1 aromatic heterocycles. The van der Waals surface area contributed by atoms with E-state index in [1.807, 2.05) is 6.92 Å². The van der Waals surface area contributed by atoms with Crippen LogP contribution in [0.2, 0.25) is 0 Å². The number of aromatic carboxylic acids is 1. The Morgan fingerprint density at radius 2 is 2.08 bits per heavy atom. The molecule has 0 aromatic carbocycles. The van der Waals surface area contributed by atoms with Crippen LogP contribution in [0.3, 0.4) is 0 Å². The van der Waals surface area contributed by atoms with E-state index in [0.717, 1.165) is 37.0 Å². The molecule has 2 unspecified atom stereocenters. The van der Waals surface area contributed by atoms with Crippen molar-refractivity contribution in [3.05, 3.63) is 20.9 Å². The summed E-state index contributed by atoms with van der Waals surface area (Å²) in [4.78, 5) is 38.3. The number of carboxylic acids is 1. The lowest BCUT2D eigenvalue weighted by Gasteiger charge is -2.38. The topological polar surface area (TPSA) is 110 Å². The fourth-order valence-corrected chi connectivity index (χ4v) is 4.70. The molecule has 3 N–H and O–H groups in total. The number of carbonyl (C=O) groups excluding carboxylic acids is 2. The number of carboxylic acid groups (broad SMARTS) is 1. The lowest BCUT2D eigenvalue weighted by molar-refractivity contribution is -0.136. The van der Waals surface area contributed by atoms with Gasteiger partial charge in [-0.2, -0.15) is 0 Å². The van der Waals surface area contributed by atoms with Gasteiger partial charge in [0.1, 0.15) is 4.88 Å². The number of nitrogens with zero attached hydrogens (tertiary/aromatic N) is 1. The Morgan fingerprint density at radius 1 is 1.38 bits per heavy atom. The van der Waals surface area contributed by atoms with Crippen molar-refractivity contribution in [3.63, 3.8) is 0 Å². The SMILES string of the molecule is CCCCCC(C)N(C(C)=O)C1COCc2sc(C(N)=O)c(C(=O)O)c21. The molecule has 0 fully saturated rings. The quantitative estimate of drug-likeness (QED) is 0.672. The van der Waals surface area contributed by atoms with E-state index in [-0.39, 0.29) is 35.6 Å². The summed E-state index contributed by atoms with van der Waals surface area (Å²) < 4.78 is 5.61. The fraction of sp³-hybridized carbons (Fsp3) is 0.611. The van der Waals surface area contributed by atoms with Crippen molar-refractivity contribution < 1.29 is 24.2 Å². The Morgan fingerprint density at radius 3 is 2.62 bits per heavy atom. The van der Waals surface area contributed by atoms with E-state index in [0.29, 0.717) is 10.4 Å². The smallest absolute Gasteiger partial charge is 0.337 e. The van der Waals surface area contributed by atoms with Gasteiger partial charge in [-0.1, -0.05) is 26.2 Å². The molecule has 0 saturated heterocycles. The third-order valence-electron chi connectivity index (χ3n) is 4.70. The first-order valence-corrected chi connectivity index (χ1v) is 9.66. The van der Waals surface area contributed by atoms with Crippen LogP contribution in [0.25, 0.3) is 0 Å². The molecule has 0 spiro atoms. The van der Waals surface area contributed by atoms with Gasteiger partial charge < -0.3 is 20.5 Å². The van der Waals surface area contributed by atoms with Gasteiger partial charge in [0.2, 0.25) is 5.91 Å². The van der Waals surface area contributed by atoms with Crippen molar-refractivity contribution in [1.29, 1.82) is 0 Å². The van der Waals surface area contributed by atoms with Gasteiger partial charge in [-0.05, 0) is 13.3 Å². The zero-order valence-electron chi connectivity index (χ0n) is 15.4. The minimum absolute atomic E-state index is 0.0140. The van der Waals surface area contributed by atoms with E-state index >= 15 is 0 Å². The van der Waals surface area contributed by atoms with Gasteiger partial charge in [-0.25, -0.2) is 4.79 Å². The van der Waals surface area contributed by atoms with Crippen LogP contribution < -0.4 is 5.73 Å². The Kier molecular flexibility index (Phi) is 6.77. The van der Waals surface area contributed by atoms with Crippen LogP contribution in [-0.2, 0) is 16.1 Å². The first kappa shape index (κ1) is 20.4. The molecule has 144 valence electrons. The zero-order chi connectivity index (χ0) is 19.4. The van der Waals surface area contributed by atoms with Gasteiger partial charge in [0.25, 0.3) is 5.91 Å². The summed E-state index contributed by atoms with van der Waals surface area (Å²) in [5.74, 6) is -2.12. The van der Waals surface area contributed by atoms with Crippen LogP contribution in [0.1, 0.15) is 83.0 Å². The van der Waals surface area contributed by atoms with Gasteiger partial charge >= 0.3 is 5.97 Å². The van der Waals surface area contributed by atoms with Crippen LogP contribution in [0, 0.1) is 0 Å². The number of ether oxygens (including phenoxy) is 1. The molecule has 1 aromatic rings. The Bertz CT molecular complexity index is 700. The number of primary amides is 1. The van der Waals surface area contributed by atoms with Crippen molar-refractivity contribution in [3.8, 4) is 0 Å². The summed E-state index contributed by atoms with van der Waals surface area (Å²) in [5, 5.41) is 9.66. The number of nitrogens with two attached hydrogens (primary N) is 1. The average Bonchev–Trinajstić information content (AvgIpc) is 2.96. The molecule has 7 nitrogen and oxygen atoms in total. The normalized spacial score (nSPS) is 17.4. The number of hydrogen-bond acceptors (Lipinski definition) is 5. The van der Waals surface area contributed by atoms with Gasteiger partial charge in [-0.3, -0.25) is 9.59 Å². The molecule has 0 radical (unpaired) electrons. The maximum atomic E-state index is 12.4.